The van der Waals surface area contributed by atoms with Crippen LogP contribution in [0.3, 0.4) is 0 Å². The summed E-state index contributed by atoms with van der Waals surface area (Å²) in [4.78, 5) is 14.6. The molecule has 1 aliphatic carbocycles. The van der Waals surface area contributed by atoms with Crippen LogP contribution in [0.2, 0.25) is 0 Å². The van der Waals surface area contributed by atoms with E-state index in [0.29, 0.717) is 0 Å². The summed E-state index contributed by atoms with van der Waals surface area (Å²) in [5.41, 5.74) is 5.93. The van der Waals surface area contributed by atoms with Crippen molar-refractivity contribution in [1.82, 2.24) is 10.2 Å². The molecule has 1 aliphatic rings. The van der Waals surface area contributed by atoms with Crippen molar-refractivity contribution in [3.05, 3.63) is 0 Å². The second-order valence-electron chi connectivity index (χ2n) is 6.03. The third-order valence-corrected chi connectivity index (χ3v) is 4.29. The van der Waals surface area contributed by atoms with Gasteiger partial charge < -0.3 is 16.0 Å². The van der Waals surface area contributed by atoms with Gasteiger partial charge in [-0.2, -0.15) is 0 Å². The number of rotatable bonds is 7. The second-order valence-corrected chi connectivity index (χ2v) is 6.03. The molecule has 4 nitrogen and oxygen atoms in total. The number of carbonyl (C=O) groups is 1. The quantitative estimate of drug-likeness (QED) is 0.748. The Hall–Kier alpha value is -0.0300. The smallest absolute Gasteiger partial charge is 0.225 e. The topological polar surface area (TPSA) is 58.4 Å². The standard InChI is InChI=1S/C15H31N3O.2ClH/c1-4-11-18(5-2)12-10-17-14(19)13-8-6-7-9-15(13,3)16;;/h13H,4-12,16H2,1-3H3,(H,17,19);2*1H. The summed E-state index contributed by atoms with van der Waals surface area (Å²) in [6.07, 6.45) is 5.33. The first kappa shape index (κ1) is 23.2. The van der Waals surface area contributed by atoms with E-state index in [1.54, 1.807) is 0 Å². The number of hydrogen-bond acceptors (Lipinski definition) is 3. The minimum atomic E-state index is -0.323. The van der Waals surface area contributed by atoms with Crippen LogP contribution in [0.25, 0.3) is 0 Å². The molecule has 1 fully saturated rings. The SMILES string of the molecule is CCCN(CC)CCNC(=O)C1CCCCC1(C)N.Cl.Cl. The van der Waals surface area contributed by atoms with Gasteiger partial charge in [-0.1, -0.05) is 26.7 Å². The van der Waals surface area contributed by atoms with Gasteiger partial charge in [-0.15, -0.1) is 24.8 Å². The number of amides is 1. The van der Waals surface area contributed by atoms with Gasteiger partial charge in [0.25, 0.3) is 0 Å². The van der Waals surface area contributed by atoms with Crippen LogP contribution in [-0.4, -0.2) is 42.5 Å². The highest BCUT2D eigenvalue weighted by atomic mass is 35.5. The van der Waals surface area contributed by atoms with Gasteiger partial charge in [-0.3, -0.25) is 4.79 Å². The maximum Gasteiger partial charge on any atom is 0.225 e. The Balaban J connectivity index is 0. The van der Waals surface area contributed by atoms with Crippen LogP contribution >= 0.6 is 24.8 Å². The Morgan fingerprint density at radius 3 is 2.48 bits per heavy atom. The first-order valence-electron chi connectivity index (χ1n) is 7.80. The average molecular weight is 342 g/mol. The maximum absolute atomic E-state index is 12.2. The lowest BCUT2D eigenvalue weighted by molar-refractivity contribution is -0.128. The normalized spacial score (nSPS) is 24.9. The molecule has 2 unspecified atom stereocenters. The molecule has 1 rings (SSSR count). The number of nitrogens with zero attached hydrogens (tertiary/aromatic N) is 1. The van der Waals surface area contributed by atoms with Crippen LogP contribution in [0.4, 0.5) is 0 Å². The monoisotopic (exact) mass is 341 g/mol. The summed E-state index contributed by atoms with van der Waals surface area (Å²) >= 11 is 0. The Morgan fingerprint density at radius 2 is 1.95 bits per heavy atom. The van der Waals surface area contributed by atoms with E-state index in [1.807, 2.05) is 6.92 Å². The van der Waals surface area contributed by atoms with Crippen LogP contribution in [-0.2, 0) is 4.79 Å². The van der Waals surface area contributed by atoms with Crippen LogP contribution in [0.1, 0.15) is 52.9 Å². The minimum Gasteiger partial charge on any atom is -0.355 e. The van der Waals surface area contributed by atoms with Gasteiger partial charge in [-0.05, 0) is 39.3 Å². The lowest BCUT2D eigenvalue weighted by Gasteiger charge is -2.37. The van der Waals surface area contributed by atoms with Gasteiger partial charge in [-0.25, -0.2) is 0 Å². The highest BCUT2D eigenvalue weighted by molar-refractivity contribution is 5.85. The van der Waals surface area contributed by atoms with Gasteiger partial charge in [0.15, 0.2) is 0 Å². The Morgan fingerprint density at radius 1 is 1.29 bits per heavy atom. The molecular weight excluding hydrogens is 309 g/mol. The third kappa shape index (κ3) is 7.68. The van der Waals surface area contributed by atoms with E-state index in [0.717, 1.165) is 58.3 Å². The number of nitrogens with two attached hydrogens (primary N) is 1. The van der Waals surface area contributed by atoms with Crippen molar-refractivity contribution >= 4 is 30.7 Å². The second kappa shape index (κ2) is 11.5. The number of carbonyl (C=O) groups excluding carboxylic acids is 1. The molecule has 0 bridgehead atoms. The summed E-state index contributed by atoms with van der Waals surface area (Å²) in [5, 5.41) is 3.07. The number of hydrogen-bond donors (Lipinski definition) is 2. The molecule has 0 aromatic carbocycles. The van der Waals surface area contributed by atoms with Crippen LogP contribution in [0.5, 0.6) is 0 Å². The van der Waals surface area contributed by atoms with E-state index in [4.69, 9.17) is 5.73 Å². The van der Waals surface area contributed by atoms with Crippen LogP contribution in [0, 0.1) is 5.92 Å². The zero-order valence-corrected chi connectivity index (χ0v) is 15.3. The molecule has 21 heavy (non-hydrogen) atoms. The molecule has 0 aliphatic heterocycles. The highest BCUT2D eigenvalue weighted by Gasteiger charge is 2.37. The highest BCUT2D eigenvalue weighted by Crippen LogP contribution is 2.31. The van der Waals surface area contributed by atoms with Crippen molar-refractivity contribution in [3.63, 3.8) is 0 Å². The van der Waals surface area contributed by atoms with E-state index in [9.17, 15) is 4.79 Å². The third-order valence-electron chi connectivity index (χ3n) is 4.29. The fraction of sp³-hybridized carbons (Fsp3) is 0.933. The van der Waals surface area contributed by atoms with Crippen molar-refractivity contribution < 1.29 is 4.79 Å². The van der Waals surface area contributed by atoms with E-state index < -0.39 is 0 Å². The largest absolute Gasteiger partial charge is 0.355 e. The summed E-state index contributed by atoms with van der Waals surface area (Å²) < 4.78 is 0. The Kier molecular flexibility index (Phi) is 12.8. The zero-order valence-electron chi connectivity index (χ0n) is 13.7. The zero-order chi connectivity index (χ0) is 14.3. The number of halogens is 2. The van der Waals surface area contributed by atoms with Gasteiger partial charge >= 0.3 is 0 Å². The molecule has 0 aromatic heterocycles. The van der Waals surface area contributed by atoms with E-state index in [1.165, 1.54) is 0 Å². The van der Waals surface area contributed by atoms with E-state index in [-0.39, 0.29) is 42.2 Å². The van der Waals surface area contributed by atoms with Gasteiger partial charge in [0.1, 0.15) is 0 Å². The first-order chi connectivity index (χ1) is 9.01. The summed E-state index contributed by atoms with van der Waals surface area (Å²) in [5.74, 6) is 0.139. The summed E-state index contributed by atoms with van der Waals surface area (Å²) in [6.45, 7) is 10.2. The molecule has 2 atom stereocenters. The lowest BCUT2D eigenvalue weighted by atomic mass is 9.74. The summed E-state index contributed by atoms with van der Waals surface area (Å²) in [7, 11) is 0. The van der Waals surface area contributed by atoms with Crippen molar-refractivity contribution in [2.45, 2.75) is 58.4 Å². The Bertz CT molecular complexity index is 288. The molecule has 0 saturated heterocycles. The van der Waals surface area contributed by atoms with Gasteiger partial charge in [0.2, 0.25) is 5.91 Å². The van der Waals surface area contributed by atoms with Gasteiger partial charge in [0.05, 0.1) is 5.92 Å². The fourth-order valence-electron chi connectivity index (χ4n) is 2.99. The predicted octanol–water partition coefficient (Wildman–Crippen LogP) is 2.59. The van der Waals surface area contributed by atoms with Crippen LogP contribution in [0.15, 0.2) is 0 Å². The molecule has 128 valence electrons. The van der Waals surface area contributed by atoms with Crippen LogP contribution < -0.4 is 11.1 Å². The molecule has 0 spiro atoms. The van der Waals surface area contributed by atoms with E-state index >= 15 is 0 Å². The average Bonchev–Trinajstić information content (AvgIpc) is 2.37. The van der Waals surface area contributed by atoms with Crippen molar-refractivity contribution in [1.29, 1.82) is 0 Å². The lowest BCUT2D eigenvalue weighted by Crippen LogP contribution is -2.53. The summed E-state index contributed by atoms with van der Waals surface area (Å²) in [6, 6.07) is 0. The van der Waals surface area contributed by atoms with E-state index in [2.05, 4.69) is 24.1 Å². The van der Waals surface area contributed by atoms with Crippen molar-refractivity contribution in [2.75, 3.05) is 26.2 Å². The maximum atomic E-state index is 12.2. The van der Waals surface area contributed by atoms with Crippen molar-refractivity contribution in [2.24, 2.45) is 11.7 Å². The van der Waals surface area contributed by atoms with Gasteiger partial charge in [0, 0.05) is 18.6 Å². The first-order valence-corrected chi connectivity index (χ1v) is 7.80. The number of likely N-dealkylation sites (N-methyl/N-ethyl adjacent to an activating group) is 1. The number of nitrogens with one attached hydrogen (secondary N) is 1. The minimum absolute atomic E-state index is 0. The molecule has 1 saturated carbocycles. The molecular formula is C15H33Cl2N3O. The Labute approximate surface area is 142 Å². The predicted molar refractivity (Wildman–Crippen MR) is 94.5 cm³/mol. The molecule has 0 radical (unpaired) electrons. The molecule has 0 aromatic rings. The van der Waals surface area contributed by atoms with Crippen molar-refractivity contribution in [3.8, 4) is 0 Å². The molecule has 3 N–H and O–H groups in total. The molecule has 0 heterocycles. The fourth-order valence-corrected chi connectivity index (χ4v) is 2.99. The molecule has 6 heteroatoms. The molecule has 1 amide bonds.